The summed E-state index contributed by atoms with van der Waals surface area (Å²) in [7, 11) is -3.42. The van der Waals surface area contributed by atoms with Gasteiger partial charge in [-0.15, -0.1) is 11.3 Å². The molecule has 0 bridgehead atoms. The van der Waals surface area contributed by atoms with Crippen LogP contribution in [0, 0.1) is 0 Å². The van der Waals surface area contributed by atoms with Gasteiger partial charge in [0.15, 0.2) is 0 Å². The molecular weight excluding hydrogens is 384 g/mol. The third-order valence-corrected chi connectivity index (χ3v) is 8.21. The Hall–Kier alpha value is -2.07. The first-order chi connectivity index (χ1) is 13.0. The summed E-state index contributed by atoms with van der Waals surface area (Å²) in [6, 6.07) is 10.5. The van der Waals surface area contributed by atoms with Crippen LogP contribution in [0.4, 0.5) is 0 Å². The average Bonchev–Trinajstić information content (AvgIpc) is 3.23. The molecule has 1 aliphatic heterocycles. The van der Waals surface area contributed by atoms with Crippen LogP contribution in [0.15, 0.2) is 50.8 Å². The summed E-state index contributed by atoms with van der Waals surface area (Å²) in [5.41, 5.74) is 0.517. The Kier molecular flexibility index (Phi) is 4.85. The van der Waals surface area contributed by atoms with Crippen molar-refractivity contribution in [2.45, 2.75) is 17.2 Å². The number of hydrogen-bond donors (Lipinski definition) is 1. The predicted octanol–water partition coefficient (Wildman–Crippen LogP) is 2.05. The van der Waals surface area contributed by atoms with E-state index in [1.807, 2.05) is 25.1 Å². The van der Waals surface area contributed by atoms with E-state index in [9.17, 15) is 13.2 Å². The van der Waals surface area contributed by atoms with Crippen LogP contribution < -0.4 is 5.56 Å². The highest BCUT2D eigenvalue weighted by Gasteiger charge is 2.31. The van der Waals surface area contributed by atoms with Crippen molar-refractivity contribution < 1.29 is 8.42 Å². The normalized spacial score (nSPS) is 18.0. The molecule has 1 atom stereocenters. The second-order valence-electron chi connectivity index (χ2n) is 6.52. The molecule has 0 spiro atoms. The number of sulfonamides is 1. The molecule has 0 radical (unpaired) electrons. The lowest BCUT2D eigenvalue weighted by Crippen LogP contribution is -2.49. The first-order valence-corrected chi connectivity index (χ1v) is 11.1. The number of H-pyrrole nitrogens is 1. The quantitative estimate of drug-likeness (QED) is 0.719. The number of aromatic amines is 1. The van der Waals surface area contributed by atoms with Crippen molar-refractivity contribution in [3.05, 3.63) is 58.0 Å². The summed E-state index contributed by atoms with van der Waals surface area (Å²) < 4.78 is 27.2. The average molecular weight is 405 g/mol. The van der Waals surface area contributed by atoms with E-state index in [1.165, 1.54) is 15.6 Å². The fraction of sp³-hybridized carbons (Fsp3) is 0.333. The molecule has 142 valence electrons. The van der Waals surface area contributed by atoms with Crippen LogP contribution >= 0.6 is 11.3 Å². The van der Waals surface area contributed by atoms with E-state index in [0.29, 0.717) is 47.1 Å². The zero-order valence-corrected chi connectivity index (χ0v) is 16.5. The van der Waals surface area contributed by atoms with Crippen molar-refractivity contribution in [2.24, 2.45) is 0 Å². The molecule has 1 fully saturated rings. The molecule has 0 aliphatic carbocycles. The molecule has 27 heavy (non-hydrogen) atoms. The molecule has 1 unspecified atom stereocenters. The Balaban J connectivity index is 1.51. The van der Waals surface area contributed by atoms with Crippen LogP contribution in [0.5, 0.6) is 0 Å². The van der Waals surface area contributed by atoms with Gasteiger partial charge in [-0.2, -0.15) is 4.31 Å². The third-order valence-electron chi connectivity index (χ3n) is 4.94. The minimum atomic E-state index is -3.42. The molecule has 1 N–H and O–H groups in total. The van der Waals surface area contributed by atoms with Crippen LogP contribution in [-0.4, -0.2) is 53.8 Å². The number of para-hydroxylation sites is 1. The van der Waals surface area contributed by atoms with E-state index < -0.39 is 10.0 Å². The van der Waals surface area contributed by atoms with E-state index >= 15 is 0 Å². The van der Waals surface area contributed by atoms with E-state index in [2.05, 4.69) is 14.9 Å². The summed E-state index contributed by atoms with van der Waals surface area (Å²) >= 11 is 1.24. The number of nitrogens with zero attached hydrogens (tertiary/aromatic N) is 3. The van der Waals surface area contributed by atoms with E-state index in [-0.39, 0.29) is 11.6 Å². The Morgan fingerprint density at radius 3 is 2.56 bits per heavy atom. The molecule has 3 heterocycles. The predicted molar refractivity (Wildman–Crippen MR) is 105 cm³/mol. The summed E-state index contributed by atoms with van der Waals surface area (Å²) in [4.78, 5) is 21.9. The second kappa shape index (κ2) is 7.16. The second-order valence-corrected chi connectivity index (χ2v) is 9.63. The highest BCUT2D eigenvalue weighted by atomic mass is 32.2. The van der Waals surface area contributed by atoms with Gasteiger partial charge in [-0.25, -0.2) is 13.4 Å². The molecule has 7 nitrogen and oxygen atoms in total. The van der Waals surface area contributed by atoms with Crippen molar-refractivity contribution in [3.8, 4) is 0 Å². The SMILES string of the molecule is CC(c1nc2ccccc2c(=O)[nH]1)N1CCN(S(=O)(=O)c2cccs2)CC1. The third kappa shape index (κ3) is 3.43. The molecule has 0 amide bonds. The van der Waals surface area contributed by atoms with Crippen LogP contribution in [0.1, 0.15) is 18.8 Å². The lowest BCUT2D eigenvalue weighted by atomic mass is 10.2. The van der Waals surface area contributed by atoms with Gasteiger partial charge in [0.2, 0.25) is 0 Å². The fourth-order valence-electron chi connectivity index (χ4n) is 3.34. The lowest BCUT2D eigenvalue weighted by molar-refractivity contribution is 0.141. The van der Waals surface area contributed by atoms with E-state index in [4.69, 9.17) is 0 Å². The topological polar surface area (TPSA) is 86.4 Å². The molecule has 1 aromatic carbocycles. The number of fused-ring (bicyclic) bond motifs is 1. The van der Waals surface area contributed by atoms with Gasteiger partial charge in [0, 0.05) is 26.2 Å². The van der Waals surface area contributed by atoms with Crippen molar-refractivity contribution >= 4 is 32.3 Å². The number of thiophene rings is 1. The molecule has 1 saturated heterocycles. The maximum absolute atomic E-state index is 12.6. The zero-order valence-electron chi connectivity index (χ0n) is 14.8. The summed E-state index contributed by atoms with van der Waals surface area (Å²) in [6.45, 7) is 3.99. The Bertz CT molecular complexity index is 1100. The van der Waals surface area contributed by atoms with Gasteiger partial charge in [-0.05, 0) is 30.5 Å². The van der Waals surface area contributed by atoms with Gasteiger partial charge >= 0.3 is 0 Å². The molecule has 1 aliphatic rings. The van der Waals surface area contributed by atoms with Gasteiger partial charge in [-0.3, -0.25) is 9.69 Å². The maximum Gasteiger partial charge on any atom is 0.258 e. The molecule has 0 saturated carbocycles. The van der Waals surface area contributed by atoms with Gasteiger partial charge in [-0.1, -0.05) is 18.2 Å². The van der Waals surface area contributed by atoms with Gasteiger partial charge in [0.1, 0.15) is 10.0 Å². The number of nitrogens with one attached hydrogen (secondary N) is 1. The number of aromatic nitrogens is 2. The Morgan fingerprint density at radius 1 is 1.11 bits per heavy atom. The molecule has 9 heteroatoms. The summed E-state index contributed by atoms with van der Waals surface area (Å²) in [5, 5.41) is 2.34. The van der Waals surface area contributed by atoms with Gasteiger partial charge in [0.05, 0.1) is 16.9 Å². The minimum Gasteiger partial charge on any atom is -0.309 e. The zero-order chi connectivity index (χ0) is 19.0. The van der Waals surface area contributed by atoms with Crippen LogP contribution in [-0.2, 0) is 10.0 Å². The first-order valence-electron chi connectivity index (χ1n) is 8.73. The smallest absolute Gasteiger partial charge is 0.258 e. The largest absolute Gasteiger partial charge is 0.309 e. The minimum absolute atomic E-state index is 0.103. The number of rotatable bonds is 4. The van der Waals surface area contributed by atoms with Gasteiger partial charge < -0.3 is 4.98 Å². The van der Waals surface area contributed by atoms with Crippen molar-refractivity contribution in [1.82, 2.24) is 19.2 Å². The monoisotopic (exact) mass is 404 g/mol. The van der Waals surface area contributed by atoms with Crippen molar-refractivity contribution in [2.75, 3.05) is 26.2 Å². The van der Waals surface area contributed by atoms with Crippen molar-refractivity contribution in [1.29, 1.82) is 0 Å². The number of hydrogen-bond acceptors (Lipinski definition) is 6. The molecule has 2 aromatic heterocycles. The highest BCUT2D eigenvalue weighted by Crippen LogP contribution is 2.25. The van der Waals surface area contributed by atoms with Gasteiger partial charge in [0.25, 0.3) is 15.6 Å². The number of benzene rings is 1. The first kappa shape index (κ1) is 18.3. The maximum atomic E-state index is 12.6. The standard InChI is InChI=1S/C18H20N4O3S2/c1-13(17-19-15-6-3-2-5-14(15)18(23)20-17)21-8-10-22(11-9-21)27(24,25)16-7-4-12-26-16/h2-7,12-13H,8-11H2,1H3,(H,19,20,23). The summed E-state index contributed by atoms with van der Waals surface area (Å²) in [5.74, 6) is 0.605. The molecule has 4 rings (SSSR count). The molecular formula is C18H20N4O3S2. The summed E-state index contributed by atoms with van der Waals surface area (Å²) in [6.07, 6.45) is 0. The van der Waals surface area contributed by atoms with Crippen LogP contribution in [0.2, 0.25) is 0 Å². The highest BCUT2D eigenvalue weighted by molar-refractivity contribution is 7.91. The number of piperazine rings is 1. The Labute approximate surface area is 161 Å². The Morgan fingerprint density at radius 2 is 1.85 bits per heavy atom. The molecule has 3 aromatic rings. The lowest BCUT2D eigenvalue weighted by Gasteiger charge is -2.36. The van der Waals surface area contributed by atoms with Crippen LogP contribution in [0.3, 0.4) is 0 Å². The van der Waals surface area contributed by atoms with E-state index in [0.717, 1.165) is 0 Å². The van der Waals surface area contributed by atoms with Crippen molar-refractivity contribution in [3.63, 3.8) is 0 Å². The van der Waals surface area contributed by atoms with E-state index in [1.54, 1.807) is 23.6 Å². The van der Waals surface area contributed by atoms with Crippen LogP contribution in [0.25, 0.3) is 10.9 Å². The fourth-order valence-corrected chi connectivity index (χ4v) is 5.91.